The van der Waals surface area contributed by atoms with Gasteiger partial charge < -0.3 is 31.7 Å². The fourth-order valence-corrected chi connectivity index (χ4v) is 2.06. The van der Waals surface area contributed by atoms with E-state index < -0.39 is 0 Å². The Hall–Kier alpha value is -0.910. The van der Waals surface area contributed by atoms with E-state index in [1.807, 2.05) is 30.3 Å². The average Bonchev–Trinajstić information content (AvgIpc) is 2.44. The zero-order chi connectivity index (χ0) is 13.4. The second-order valence-corrected chi connectivity index (χ2v) is 4.59. The molecule has 0 atom stereocenters. The summed E-state index contributed by atoms with van der Waals surface area (Å²) < 4.78 is 6.13. The predicted octanol–water partition coefficient (Wildman–Crippen LogP) is -1.21. The molecule has 0 aromatic heterocycles. The van der Waals surface area contributed by atoms with Gasteiger partial charge in [-0.2, -0.15) is 0 Å². The number of nitrogens with zero attached hydrogens (tertiary/aromatic N) is 1. The number of carbonyl (C=O) groups excluding carboxylic acids is 1. The fourth-order valence-electron chi connectivity index (χ4n) is 2.06. The smallest absolute Gasteiger partial charge is 0.362 e. The summed E-state index contributed by atoms with van der Waals surface area (Å²) in [5, 5.41) is 0. The minimum Gasteiger partial charge on any atom is -1.00 e. The van der Waals surface area contributed by atoms with E-state index in [9.17, 15) is 4.79 Å². The summed E-state index contributed by atoms with van der Waals surface area (Å²) in [6.07, 6.45) is 0. The average molecular weight is 348 g/mol. The lowest BCUT2D eigenvalue weighted by Gasteiger charge is -2.34. The van der Waals surface area contributed by atoms with Crippen molar-refractivity contribution in [1.82, 2.24) is 0 Å². The molecule has 0 bridgehead atoms. The van der Waals surface area contributed by atoms with E-state index in [0.29, 0.717) is 13.2 Å². The first-order valence-electron chi connectivity index (χ1n) is 6.70. The number of esters is 1. The van der Waals surface area contributed by atoms with Gasteiger partial charge in [-0.05, 0) is 26.3 Å². The van der Waals surface area contributed by atoms with Gasteiger partial charge in [-0.1, -0.05) is 30.3 Å². The molecule has 0 saturated carbocycles. The summed E-state index contributed by atoms with van der Waals surface area (Å²) in [5.41, 5.74) is 1.04. The summed E-state index contributed by atoms with van der Waals surface area (Å²) >= 11 is 0. The van der Waals surface area contributed by atoms with Crippen LogP contribution in [-0.4, -0.2) is 42.1 Å². The highest BCUT2D eigenvalue weighted by Crippen LogP contribution is 2.07. The van der Waals surface area contributed by atoms with Crippen molar-refractivity contribution in [2.75, 3.05) is 26.2 Å². The van der Waals surface area contributed by atoms with Crippen molar-refractivity contribution in [1.29, 1.82) is 0 Å². The highest BCUT2D eigenvalue weighted by Gasteiger charge is 2.25. The summed E-state index contributed by atoms with van der Waals surface area (Å²) in [7, 11) is 0. The van der Waals surface area contributed by atoms with E-state index in [1.165, 1.54) is 0 Å². The van der Waals surface area contributed by atoms with E-state index in [0.717, 1.165) is 29.7 Å². The van der Waals surface area contributed by atoms with Crippen LogP contribution < -0.4 is 17.0 Å². The van der Waals surface area contributed by atoms with Crippen LogP contribution >= 0.6 is 0 Å². The van der Waals surface area contributed by atoms with Crippen LogP contribution in [0.4, 0.5) is 0 Å². The van der Waals surface area contributed by atoms with Gasteiger partial charge in [0, 0.05) is 0 Å². The van der Waals surface area contributed by atoms with Crippen molar-refractivity contribution in [3.05, 3.63) is 35.9 Å². The number of quaternary nitrogens is 1. The Morgan fingerprint density at radius 2 is 1.55 bits per heavy atom. The monoisotopic (exact) mass is 347 g/mol. The second kappa shape index (κ2) is 10.8. The van der Waals surface area contributed by atoms with E-state index in [4.69, 9.17) is 4.74 Å². The molecule has 0 aliphatic rings. The molecule has 0 amide bonds. The summed E-state index contributed by atoms with van der Waals surface area (Å²) in [4.78, 5) is 11.9. The standard InChI is InChI=1S/C15H24NO2.BrH.H2O/c1-4-16(5-2,6-3)12-15(17)18-13-14-10-8-7-9-11-14;;/h7-11H,4-6,12-13H2,1-3H3;1H;1H2/q+1;;/p-1. The molecule has 1 aromatic rings. The molecule has 1 aromatic carbocycles. The third-order valence-electron chi connectivity index (χ3n) is 3.72. The Kier molecular flexibility index (Phi) is 11.6. The van der Waals surface area contributed by atoms with Crippen LogP contribution in [-0.2, 0) is 16.1 Å². The molecule has 20 heavy (non-hydrogen) atoms. The van der Waals surface area contributed by atoms with E-state index in [-0.39, 0.29) is 28.4 Å². The first-order chi connectivity index (χ1) is 8.65. The maximum Gasteiger partial charge on any atom is 0.362 e. The first kappa shape index (κ1) is 21.4. The number of ether oxygens (including phenoxy) is 1. The molecule has 0 saturated heterocycles. The molecule has 0 spiro atoms. The molecule has 0 heterocycles. The van der Waals surface area contributed by atoms with Crippen LogP contribution in [0.25, 0.3) is 0 Å². The van der Waals surface area contributed by atoms with Gasteiger partial charge in [0.2, 0.25) is 0 Å². The molecule has 1 rings (SSSR count). The number of rotatable bonds is 7. The van der Waals surface area contributed by atoms with Gasteiger partial charge in [0.05, 0.1) is 19.6 Å². The second-order valence-electron chi connectivity index (χ2n) is 4.59. The Bertz CT molecular complexity index is 358. The van der Waals surface area contributed by atoms with Gasteiger partial charge in [0.1, 0.15) is 6.61 Å². The molecule has 0 fully saturated rings. The molecule has 116 valence electrons. The minimum absolute atomic E-state index is 0. The van der Waals surface area contributed by atoms with E-state index >= 15 is 0 Å². The zero-order valence-corrected chi connectivity index (χ0v) is 14.1. The highest BCUT2D eigenvalue weighted by molar-refractivity contribution is 5.70. The number of halogens is 1. The van der Waals surface area contributed by atoms with Gasteiger partial charge >= 0.3 is 5.97 Å². The van der Waals surface area contributed by atoms with Crippen molar-refractivity contribution >= 4 is 5.97 Å². The van der Waals surface area contributed by atoms with Crippen molar-refractivity contribution in [2.24, 2.45) is 0 Å². The molecule has 0 aliphatic heterocycles. The van der Waals surface area contributed by atoms with Crippen molar-refractivity contribution < 1.29 is 36.5 Å². The van der Waals surface area contributed by atoms with E-state index in [1.54, 1.807) is 0 Å². The number of hydrogen-bond acceptors (Lipinski definition) is 2. The van der Waals surface area contributed by atoms with Crippen LogP contribution in [0.1, 0.15) is 26.3 Å². The van der Waals surface area contributed by atoms with Crippen LogP contribution in [0.5, 0.6) is 0 Å². The largest absolute Gasteiger partial charge is 1.00 e. The topological polar surface area (TPSA) is 57.8 Å². The van der Waals surface area contributed by atoms with Crippen LogP contribution in [0.15, 0.2) is 30.3 Å². The maximum atomic E-state index is 11.9. The van der Waals surface area contributed by atoms with Crippen LogP contribution in [0.2, 0.25) is 0 Å². The van der Waals surface area contributed by atoms with Crippen molar-refractivity contribution in [3.63, 3.8) is 0 Å². The molecule has 2 N–H and O–H groups in total. The molecule has 0 aliphatic carbocycles. The Morgan fingerprint density at radius 1 is 1.05 bits per heavy atom. The normalized spacial score (nSPS) is 10.2. The van der Waals surface area contributed by atoms with Crippen LogP contribution in [0.3, 0.4) is 0 Å². The zero-order valence-electron chi connectivity index (χ0n) is 12.6. The number of benzene rings is 1. The summed E-state index contributed by atoms with van der Waals surface area (Å²) in [6.45, 7) is 10.1. The number of likely N-dealkylation sites (N-methyl/N-ethyl adjacent to an activating group) is 1. The third-order valence-corrected chi connectivity index (χ3v) is 3.72. The Morgan fingerprint density at radius 3 is 2.00 bits per heavy atom. The van der Waals surface area contributed by atoms with Gasteiger partial charge in [-0.3, -0.25) is 0 Å². The predicted molar refractivity (Wildman–Crippen MR) is 76.6 cm³/mol. The maximum absolute atomic E-state index is 11.9. The highest BCUT2D eigenvalue weighted by atomic mass is 79.9. The molecule has 4 nitrogen and oxygen atoms in total. The summed E-state index contributed by atoms with van der Waals surface area (Å²) in [6, 6.07) is 9.80. The van der Waals surface area contributed by atoms with Gasteiger partial charge in [0.15, 0.2) is 6.54 Å². The van der Waals surface area contributed by atoms with Crippen LogP contribution in [0, 0.1) is 0 Å². The quantitative estimate of drug-likeness (QED) is 0.459. The SMILES string of the molecule is CC[N+](CC)(CC)CC(=O)OCc1ccccc1.O.[Br-]. The van der Waals surface area contributed by atoms with Gasteiger partial charge in [-0.25, -0.2) is 4.79 Å². The molecule has 0 radical (unpaired) electrons. The van der Waals surface area contributed by atoms with E-state index in [2.05, 4.69) is 20.8 Å². The Labute approximate surface area is 132 Å². The lowest BCUT2D eigenvalue weighted by Crippen LogP contribution is -3.00. The first-order valence-corrected chi connectivity index (χ1v) is 6.70. The fraction of sp³-hybridized carbons (Fsp3) is 0.533. The van der Waals surface area contributed by atoms with Gasteiger partial charge in [0.25, 0.3) is 0 Å². The number of carbonyl (C=O) groups is 1. The summed E-state index contributed by atoms with van der Waals surface area (Å²) in [5.74, 6) is -0.107. The molecular weight excluding hydrogens is 322 g/mol. The molecule has 5 heteroatoms. The Balaban J connectivity index is 0. The number of hydrogen-bond donors (Lipinski definition) is 0. The lowest BCUT2D eigenvalue weighted by molar-refractivity contribution is -0.916. The van der Waals surface area contributed by atoms with Crippen molar-refractivity contribution in [3.8, 4) is 0 Å². The molecular formula is C15H26BrNO3. The van der Waals surface area contributed by atoms with Crippen molar-refractivity contribution in [2.45, 2.75) is 27.4 Å². The third kappa shape index (κ3) is 6.50. The lowest BCUT2D eigenvalue weighted by atomic mass is 10.2. The van der Waals surface area contributed by atoms with Gasteiger partial charge in [-0.15, -0.1) is 0 Å². The molecule has 0 unspecified atom stereocenters. The minimum atomic E-state index is -0.107.